The second-order valence-corrected chi connectivity index (χ2v) is 3.97. The number of rotatable bonds is 1. The fourth-order valence-electron chi connectivity index (χ4n) is 2.08. The molecule has 1 heterocycles. The van der Waals surface area contributed by atoms with Crippen LogP contribution < -0.4 is 0 Å². The highest BCUT2D eigenvalue weighted by atomic mass is 16.4. The van der Waals surface area contributed by atoms with Crippen LogP contribution in [0.1, 0.15) is 37.8 Å². The van der Waals surface area contributed by atoms with Crippen LogP contribution >= 0.6 is 0 Å². The molecular formula is C13H8O5. The largest absolute Gasteiger partial charge is 0.507 e. The molecule has 5 heteroatoms. The Hall–Kier alpha value is -2.40. The molecule has 0 saturated heterocycles. The zero-order valence-corrected chi connectivity index (χ0v) is 9.14. The number of fused-ring (bicyclic) bond motifs is 2. The molecule has 0 fully saturated rings. The van der Waals surface area contributed by atoms with E-state index in [0.29, 0.717) is 0 Å². The van der Waals surface area contributed by atoms with Crippen LogP contribution in [0.4, 0.5) is 0 Å². The molecule has 0 amide bonds. The molecule has 90 valence electrons. The van der Waals surface area contributed by atoms with Gasteiger partial charge in [-0.25, -0.2) is 0 Å². The first kappa shape index (κ1) is 10.7. The molecule has 1 aliphatic carbocycles. The van der Waals surface area contributed by atoms with Crippen molar-refractivity contribution >= 4 is 11.6 Å². The average Bonchev–Trinajstić information content (AvgIpc) is 2.80. The third-order valence-corrected chi connectivity index (χ3v) is 2.90. The lowest BCUT2D eigenvalue weighted by molar-refractivity contribution is 0.0955. The van der Waals surface area contributed by atoms with Crippen molar-refractivity contribution in [1.29, 1.82) is 0 Å². The standard InChI is InChI=1S/C13H8O5/c14-5-6-4-8-11(16)10-7(2-1-3-9(10)15)12(17)13(8)18-6/h1-4,14-15H,5H2. The molecule has 2 aromatic rings. The van der Waals surface area contributed by atoms with Crippen LogP contribution in [-0.4, -0.2) is 21.8 Å². The van der Waals surface area contributed by atoms with Gasteiger partial charge in [-0.3, -0.25) is 9.59 Å². The third kappa shape index (κ3) is 1.25. The Balaban J connectivity index is 2.30. The summed E-state index contributed by atoms with van der Waals surface area (Å²) in [5, 5.41) is 18.6. The van der Waals surface area contributed by atoms with Gasteiger partial charge in [0, 0.05) is 5.56 Å². The van der Waals surface area contributed by atoms with E-state index in [-0.39, 0.29) is 34.0 Å². The minimum atomic E-state index is -0.471. The van der Waals surface area contributed by atoms with Gasteiger partial charge in [0.2, 0.25) is 11.6 Å². The lowest BCUT2D eigenvalue weighted by Crippen LogP contribution is -2.19. The Kier molecular flexibility index (Phi) is 2.11. The van der Waals surface area contributed by atoms with Crippen molar-refractivity contribution in [2.75, 3.05) is 0 Å². The van der Waals surface area contributed by atoms with Crippen molar-refractivity contribution in [3.05, 3.63) is 52.5 Å². The number of hydrogen-bond acceptors (Lipinski definition) is 5. The first-order chi connectivity index (χ1) is 8.63. The maximum Gasteiger partial charge on any atom is 0.229 e. The molecule has 0 bridgehead atoms. The first-order valence-electron chi connectivity index (χ1n) is 5.28. The van der Waals surface area contributed by atoms with E-state index in [2.05, 4.69) is 0 Å². The molecule has 0 aliphatic heterocycles. The van der Waals surface area contributed by atoms with E-state index < -0.39 is 18.2 Å². The molecule has 0 radical (unpaired) electrons. The van der Waals surface area contributed by atoms with Crippen LogP contribution in [0.25, 0.3) is 0 Å². The van der Waals surface area contributed by atoms with Gasteiger partial charge in [0.1, 0.15) is 18.1 Å². The highest BCUT2D eigenvalue weighted by molar-refractivity contribution is 6.28. The molecule has 18 heavy (non-hydrogen) atoms. The third-order valence-electron chi connectivity index (χ3n) is 2.90. The number of carbonyl (C=O) groups excluding carboxylic acids is 2. The maximum atomic E-state index is 12.1. The zero-order chi connectivity index (χ0) is 12.9. The van der Waals surface area contributed by atoms with E-state index in [1.165, 1.54) is 24.3 Å². The van der Waals surface area contributed by atoms with Crippen LogP contribution in [0.3, 0.4) is 0 Å². The Morgan fingerprint density at radius 2 is 1.89 bits per heavy atom. The zero-order valence-electron chi connectivity index (χ0n) is 9.14. The number of hydrogen-bond donors (Lipinski definition) is 2. The number of carbonyl (C=O) groups is 2. The van der Waals surface area contributed by atoms with Gasteiger partial charge in [-0.05, 0) is 18.2 Å². The van der Waals surface area contributed by atoms with E-state index in [1.807, 2.05) is 0 Å². The van der Waals surface area contributed by atoms with Gasteiger partial charge in [-0.15, -0.1) is 0 Å². The van der Waals surface area contributed by atoms with Crippen LogP contribution in [0.15, 0.2) is 28.7 Å². The topological polar surface area (TPSA) is 87.7 Å². The Bertz CT molecular complexity index is 681. The van der Waals surface area contributed by atoms with Gasteiger partial charge < -0.3 is 14.6 Å². The van der Waals surface area contributed by atoms with Crippen LogP contribution in [0.5, 0.6) is 5.75 Å². The monoisotopic (exact) mass is 244 g/mol. The van der Waals surface area contributed by atoms with Crippen LogP contribution in [-0.2, 0) is 6.61 Å². The fourth-order valence-corrected chi connectivity index (χ4v) is 2.08. The molecule has 1 aliphatic rings. The normalized spacial score (nSPS) is 13.4. The van der Waals surface area contributed by atoms with Crippen molar-refractivity contribution < 1.29 is 24.2 Å². The SMILES string of the molecule is O=C1c2cccc(O)c2C(=O)c2cc(CO)oc21. The summed E-state index contributed by atoms with van der Waals surface area (Å²) >= 11 is 0. The van der Waals surface area contributed by atoms with Gasteiger partial charge in [0.15, 0.2) is 5.76 Å². The second kappa shape index (κ2) is 3.54. The van der Waals surface area contributed by atoms with E-state index in [9.17, 15) is 14.7 Å². The molecule has 1 aromatic heterocycles. The molecule has 0 atom stereocenters. The van der Waals surface area contributed by atoms with Crippen molar-refractivity contribution in [3.63, 3.8) is 0 Å². The number of benzene rings is 1. The summed E-state index contributed by atoms with van der Waals surface area (Å²) in [6, 6.07) is 5.62. The lowest BCUT2D eigenvalue weighted by atomic mass is 9.88. The van der Waals surface area contributed by atoms with Gasteiger partial charge in [0.25, 0.3) is 0 Å². The fraction of sp³-hybridized carbons (Fsp3) is 0.0769. The number of aliphatic hydroxyl groups is 1. The summed E-state index contributed by atoms with van der Waals surface area (Å²) in [6.07, 6.45) is 0. The van der Waals surface area contributed by atoms with Gasteiger partial charge in [-0.2, -0.15) is 0 Å². The smallest absolute Gasteiger partial charge is 0.229 e. The van der Waals surface area contributed by atoms with E-state index in [1.54, 1.807) is 0 Å². The summed E-state index contributed by atoms with van der Waals surface area (Å²) in [5.41, 5.74) is 0.185. The summed E-state index contributed by atoms with van der Waals surface area (Å²) in [7, 11) is 0. The molecular weight excluding hydrogens is 236 g/mol. The summed E-state index contributed by atoms with van der Waals surface area (Å²) in [5.74, 6) is -1.10. The predicted molar refractivity (Wildman–Crippen MR) is 59.6 cm³/mol. The quantitative estimate of drug-likeness (QED) is 0.672. The van der Waals surface area contributed by atoms with Gasteiger partial charge in [-0.1, -0.05) is 6.07 Å². The Labute approximate surface area is 101 Å². The van der Waals surface area contributed by atoms with Crippen molar-refractivity contribution in [3.8, 4) is 5.75 Å². The number of aliphatic hydroxyl groups excluding tert-OH is 1. The number of phenols is 1. The van der Waals surface area contributed by atoms with E-state index >= 15 is 0 Å². The predicted octanol–water partition coefficient (Wildman–Crippen LogP) is 1.25. The van der Waals surface area contributed by atoms with Crippen LogP contribution in [0, 0.1) is 0 Å². The summed E-state index contributed by atoms with van der Waals surface area (Å²) in [4.78, 5) is 24.2. The Morgan fingerprint density at radius 3 is 2.61 bits per heavy atom. The van der Waals surface area contributed by atoms with Crippen LogP contribution in [0.2, 0.25) is 0 Å². The molecule has 3 rings (SSSR count). The maximum absolute atomic E-state index is 12.1. The lowest BCUT2D eigenvalue weighted by Gasteiger charge is -2.13. The molecule has 2 N–H and O–H groups in total. The van der Waals surface area contributed by atoms with Gasteiger partial charge in [0.05, 0.1) is 11.1 Å². The van der Waals surface area contributed by atoms with Crippen molar-refractivity contribution in [2.45, 2.75) is 6.61 Å². The minimum Gasteiger partial charge on any atom is -0.507 e. The summed E-state index contributed by atoms with van der Waals surface area (Å²) in [6.45, 7) is -0.393. The van der Waals surface area contributed by atoms with E-state index in [0.717, 1.165) is 0 Å². The Morgan fingerprint density at radius 1 is 1.11 bits per heavy atom. The van der Waals surface area contributed by atoms with Gasteiger partial charge >= 0.3 is 0 Å². The molecule has 5 nitrogen and oxygen atoms in total. The highest BCUT2D eigenvalue weighted by Gasteiger charge is 2.35. The average molecular weight is 244 g/mol. The number of aromatic hydroxyl groups is 1. The molecule has 0 saturated carbocycles. The summed E-state index contributed by atoms with van der Waals surface area (Å²) < 4.78 is 5.13. The molecule has 0 unspecified atom stereocenters. The van der Waals surface area contributed by atoms with E-state index in [4.69, 9.17) is 9.52 Å². The molecule has 1 aromatic carbocycles. The van der Waals surface area contributed by atoms with Crippen molar-refractivity contribution in [1.82, 2.24) is 0 Å². The molecule has 0 spiro atoms. The first-order valence-corrected chi connectivity index (χ1v) is 5.28. The highest BCUT2D eigenvalue weighted by Crippen LogP contribution is 2.33. The number of phenolic OH excluding ortho intramolecular Hbond substituents is 1. The van der Waals surface area contributed by atoms with Crippen molar-refractivity contribution in [2.24, 2.45) is 0 Å². The number of ketones is 2. The number of furan rings is 1. The second-order valence-electron chi connectivity index (χ2n) is 3.97. The minimum absolute atomic E-state index is 0.0136.